The van der Waals surface area contributed by atoms with Crippen LogP contribution in [0.2, 0.25) is 0 Å². The van der Waals surface area contributed by atoms with E-state index in [-0.39, 0.29) is 12.1 Å². The van der Waals surface area contributed by atoms with Gasteiger partial charge in [-0.3, -0.25) is 0 Å². The van der Waals surface area contributed by atoms with Gasteiger partial charge in [-0.15, -0.1) is 0 Å². The van der Waals surface area contributed by atoms with Crippen LogP contribution in [0.15, 0.2) is 72.9 Å². The van der Waals surface area contributed by atoms with Crippen LogP contribution in [-0.4, -0.2) is 40.8 Å². The number of aromatic nitrogens is 1. The molecule has 0 amide bonds. The molecule has 0 aliphatic carbocycles. The van der Waals surface area contributed by atoms with Crippen molar-refractivity contribution in [2.75, 3.05) is 20.8 Å². The normalized spacial score (nSPS) is 20.0. The predicted octanol–water partition coefficient (Wildman–Crippen LogP) is 3.51. The Morgan fingerprint density at radius 2 is 1.56 bits per heavy atom. The Hall–Kier alpha value is -2.83. The van der Waals surface area contributed by atoms with Crippen LogP contribution in [0.3, 0.4) is 0 Å². The van der Waals surface area contributed by atoms with Gasteiger partial charge in [-0.2, -0.15) is 4.57 Å². The second kappa shape index (κ2) is 9.76. The molecule has 2 heterocycles. The van der Waals surface area contributed by atoms with Gasteiger partial charge in [0.2, 0.25) is 17.5 Å². The van der Waals surface area contributed by atoms with Gasteiger partial charge < -0.3 is 18.9 Å². The molecule has 3 atom stereocenters. The minimum Gasteiger partial charge on any atom is -0.497 e. The summed E-state index contributed by atoms with van der Waals surface area (Å²) in [5, 5.41) is 0. The highest BCUT2D eigenvalue weighted by atomic mass is 16.6. The van der Waals surface area contributed by atoms with Gasteiger partial charge in [0.15, 0.2) is 5.75 Å². The minimum atomic E-state index is -0.870. The Labute approximate surface area is 191 Å². The lowest BCUT2D eigenvalue weighted by Crippen LogP contribution is -2.47. The van der Waals surface area contributed by atoms with Gasteiger partial charge in [0.05, 0.1) is 26.9 Å². The number of hydrogen-bond acceptors (Lipinski definition) is 4. The lowest BCUT2D eigenvalue weighted by molar-refractivity contribution is -0.685. The lowest BCUT2D eigenvalue weighted by atomic mass is 9.82. The van der Waals surface area contributed by atoms with Crippen LogP contribution in [-0.2, 0) is 22.1 Å². The maximum atomic E-state index is 6.87. The molecular formula is C26H29BNO4+. The number of pyridine rings is 1. The third-order valence-electron chi connectivity index (χ3n) is 6.01. The third kappa shape index (κ3) is 4.38. The Bertz CT molecular complexity index is 1030. The molecule has 1 saturated heterocycles. The molecule has 1 fully saturated rings. The Balaban J connectivity index is 1.88. The molecule has 0 saturated carbocycles. The zero-order valence-corrected chi connectivity index (χ0v) is 18.9. The molecule has 5 nitrogen and oxygen atoms in total. The van der Waals surface area contributed by atoms with E-state index in [1.54, 1.807) is 14.2 Å². The van der Waals surface area contributed by atoms with Crippen LogP contribution in [0.5, 0.6) is 11.5 Å². The molecule has 0 spiro atoms. The summed E-state index contributed by atoms with van der Waals surface area (Å²) < 4.78 is 25.6. The van der Waals surface area contributed by atoms with Crippen LogP contribution < -0.4 is 14.0 Å². The quantitative estimate of drug-likeness (QED) is 0.405. The van der Waals surface area contributed by atoms with Gasteiger partial charge in [-0.05, 0) is 42.2 Å². The van der Waals surface area contributed by atoms with Crippen molar-refractivity contribution in [2.24, 2.45) is 7.05 Å². The summed E-state index contributed by atoms with van der Waals surface area (Å²) in [6.45, 7) is 0.417. The fourth-order valence-corrected chi connectivity index (χ4v) is 4.34. The van der Waals surface area contributed by atoms with Crippen molar-refractivity contribution in [3.8, 4) is 11.5 Å². The molecule has 1 aliphatic rings. The van der Waals surface area contributed by atoms with Crippen molar-refractivity contribution in [3.63, 3.8) is 0 Å². The molecule has 0 bridgehead atoms. The molecule has 2 aromatic carbocycles. The fraction of sp³-hybridized carbons (Fsp3) is 0.346. The van der Waals surface area contributed by atoms with Crippen molar-refractivity contribution in [1.29, 1.82) is 0 Å². The van der Waals surface area contributed by atoms with Crippen LogP contribution in [0.4, 0.5) is 0 Å². The van der Waals surface area contributed by atoms with Gasteiger partial charge in [0, 0.05) is 12.1 Å². The third-order valence-corrected chi connectivity index (χ3v) is 6.01. The Morgan fingerprint density at radius 3 is 2.16 bits per heavy atom. The molecule has 1 aliphatic heterocycles. The van der Waals surface area contributed by atoms with E-state index in [0.29, 0.717) is 6.61 Å². The Morgan fingerprint density at radius 1 is 0.906 bits per heavy atom. The summed E-state index contributed by atoms with van der Waals surface area (Å²) >= 11 is 0. The molecule has 3 aromatic rings. The monoisotopic (exact) mass is 430 g/mol. The molecule has 2 radical (unpaired) electrons. The van der Waals surface area contributed by atoms with Gasteiger partial charge >= 0.3 is 0 Å². The average Bonchev–Trinajstić information content (AvgIpc) is 3.26. The van der Waals surface area contributed by atoms with E-state index in [9.17, 15) is 0 Å². The number of rotatable bonds is 8. The number of ether oxygens (including phenoxy) is 4. The smallest absolute Gasteiger partial charge is 0.222 e. The van der Waals surface area contributed by atoms with Crippen molar-refractivity contribution < 1.29 is 23.5 Å². The van der Waals surface area contributed by atoms with E-state index in [4.69, 9.17) is 26.8 Å². The standard InChI is InChI=1S/C26H29BNO4/c1-28-17-22(30-3)13-15-24(28)26(19-7-5-4-6-8-19,20-9-11-21(29-2)12-10-20)31-18-23-14-16-25(27)32-23/h4-13,15,17,23,25H,14,16,18H2,1-3H3/q+1. The number of hydrogen-bond donors (Lipinski definition) is 0. The summed E-state index contributed by atoms with van der Waals surface area (Å²) in [5.41, 5.74) is 2.11. The molecule has 32 heavy (non-hydrogen) atoms. The number of aryl methyl sites for hydroxylation is 1. The first-order valence-corrected chi connectivity index (χ1v) is 10.9. The first kappa shape index (κ1) is 22.4. The van der Waals surface area contributed by atoms with Crippen LogP contribution in [0, 0.1) is 0 Å². The first-order chi connectivity index (χ1) is 15.6. The minimum absolute atomic E-state index is 0.0464. The van der Waals surface area contributed by atoms with Gasteiger partial charge in [0.1, 0.15) is 20.6 Å². The molecule has 4 rings (SSSR count). The summed E-state index contributed by atoms with van der Waals surface area (Å²) in [6.07, 6.45) is 3.63. The predicted molar refractivity (Wildman–Crippen MR) is 123 cm³/mol. The molecule has 1 aromatic heterocycles. The molecule has 164 valence electrons. The maximum Gasteiger partial charge on any atom is 0.222 e. The van der Waals surface area contributed by atoms with Crippen molar-refractivity contribution in [3.05, 3.63) is 89.7 Å². The zero-order chi connectivity index (χ0) is 22.6. The van der Waals surface area contributed by atoms with E-state index in [1.165, 1.54) is 0 Å². The highest BCUT2D eigenvalue weighted by Gasteiger charge is 2.45. The van der Waals surface area contributed by atoms with Crippen molar-refractivity contribution >= 4 is 7.85 Å². The van der Waals surface area contributed by atoms with Crippen molar-refractivity contribution in [2.45, 2.75) is 30.5 Å². The fourth-order valence-electron chi connectivity index (χ4n) is 4.34. The van der Waals surface area contributed by atoms with E-state index >= 15 is 0 Å². The summed E-state index contributed by atoms with van der Waals surface area (Å²) in [4.78, 5) is 0. The number of nitrogens with zero attached hydrogens (tertiary/aromatic N) is 1. The number of methoxy groups -OCH3 is 2. The van der Waals surface area contributed by atoms with E-state index < -0.39 is 5.60 Å². The largest absolute Gasteiger partial charge is 0.497 e. The molecule has 0 N–H and O–H groups in total. The summed E-state index contributed by atoms with van der Waals surface area (Å²) in [7, 11) is 11.3. The topological polar surface area (TPSA) is 40.8 Å². The number of benzene rings is 2. The van der Waals surface area contributed by atoms with E-state index in [0.717, 1.165) is 41.2 Å². The second-order valence-corrected chi connectivity index (χ2v) is 8.03. The molecular weight excluding hydrogens is 401 g/mol. The summed E-state index contributed by atoms with van der Waals surface area (Å²) in [6, 6.07) is 22.1. The maximum absolute atomic E-state index is 6.87. The first-order valence-electron chi connectivity index (χ1n) is 10.9. The lowest BCUT2D eigenvalue weighted by Gasteiger charge is -2.34. The van der Waals surface area contributed by atoms with Gasteiger partial charge in [-0.1, -0.05) is 42.5 Å². The zero-order valence-electron chi connectivity index (χ0n) is 18.9. The highest BCUT2D eigenvalue weighted by molar-refractivity contribution is 6.11. The SMILES string of the molecule is [B]C1CCC(COC(c2ccccc2)(c2ccc(OC)cc2)c2ccc(OC)c[n+]2C)O1. The molecule has 6 heteroatoms. The van der Waals surface area contributed by atoms with Gasteiger partial charge in [0.25, 0.3) is 0 Å². The summed E-state index contributed by atoms with van der Waals surface area (Å²) in [5.74, 6) is 1.57. The average molecular weight is 430 g/mol. The van der Waals surface area contributed by atoms with Crippen LogP contribution in [0.1, 0.15) is 29.7 Å². The van der Waals surface area contributed by atoms with Crippen LogP contribution >= 0.6 is 0 Å². The van der Waals surface area contributed by atoms with Gasteiger partial charge in [-0.25, -0.2) is 0 Å². The van der Waals surface area contributed by atoms with Crippen molar-refractivity contribution in [1.82, 2.24) is 0 Å². The highest BCUT2D eigenvalue weighted by Crippen LogP contribution is 2.40. The molecule has 3 unspecified atom stereocenters. The second-order valence-electron chi connectivity index (χ2n) is 8.03. The van der Waals surface area contributed by atoms with E-state index in [1.807, 2.05) is 49.6 Å². The Kier molecular flexibility index (Phi) is 6.82. The van der Waals surface area contributed by atoms with Crippen LogP contribution in [0.25, 0.3) is 0 Å². The van der Waals surface area contributed by atoms with E-state index in [2.05, 4.69) is 34.9 Å².